The zero-order valence-corrected chi connectivity index (χ0v) is 16.7. The molecule has 0 spiro atoms. The molecule has 0 bridgehead atoms. The van der Waals surface area contributed by atoms with Crippen LogP contribution in [-0.4, -0.2) is 49.0 Å². The van der Waals surface area contributed by atoms with Crippen LogP contribution in [0.2, 0.25) is 0 Å². The van der Waals surface area contributed by atoms with Crippen molar-refractivity contribution in [1.29, 1.82) is 0 Å². The summed E-state index contributed by atoms with van der Waals surface area (Å²) in [4.78, 5) is 45.2. The molecule has 9 nitrogen and oxygen atoms in total. The number of aromatic amines is 1. The largest absolute Gasteiger partial charge is 0.353 e. The van der Waals surface area contributed by atoms with E-state index in [0.717, 1.165) is 18.4 Å². The average molecular weight is 396 g/mol. The fourth-order valence-corrected chi connectivity index (χ4v) is 3.73. The van der Waals surface area contributed by atoms with Gasteiger partial charge in [0.2, 0.25) is 5.95 Å². The third-order valence-corrected chi connectivity index (χ3v) is 5.55. The number of carbonyl (C=O) groups excluding carboxylic acids is 1. The van der Waals surface area contributed by atoms with Crippen molar-refractivity contribution < 1.29 is 4.79 Å². The number of hydrogen-bond donors (Lipinski definition) is 2. The zero-order chi connectivity index (χ0) is 20.7. The average Bonchev–Trinajstić information content (AvgIpc) is 3.04. The van der Waals surface area contributed by atoms with Gasteiger partial charge >= 0.3 is 5.69 Å². The van der Waals surface area contributed by atoms with Crippen LogP contribution in [0.1, 0.15) is 28.8 Å². The fraction of sp³-hybridized carbons (Fsp3) is 0.400. The lowest BCUT2D eigenvalue weighted by Crippen LogP contribution is -2.42. The van der Waals surface area contributed by atoms with Gasteiger partial charge in [0.15, 0.2) is 11.2 Å². The van der Waals surface area contributed by atoms with E-state index in [-0.39, 0.29) is 11.9 Å². The van der Waals surface area contributed by atoms with E-state index < -0.39 is 11.2 Å². The molecule has 0 aliphatic carbocycles. The van der Waals surface area contributed by atoms with E-state index in [0.29, 0.717) is 35.8 Å². The Morgan fingerprint density at radius 1 is 1.10 bits per heavy atom. The first-order valence-electron chi connectivity index (χ1n) is 9.63. The minimum Gasteiger partial charge on any atom is -0.353 e. The molecule has 1 aromatic carbocycles. The first kappa shape index (κ1) is 19.0. The van der Waals surface area contributed by atoms with E-state index in [2.05, 4.69) is 15.3 Å². The van der Waals surface area contributed by atoms with Crippen molar-refractivity contribution in [1.82, 2.24) is 24.0 Å². The number of amides is 1. The Balaban J connectivity index is 1.47. The summed E-state index contributed by atoms with van der Waals surface area (Å²) in [5.41, 5.74) is 1.58. The van der Waals surface area contributed by atoms with Crippen molar-refractivity contribution in [3.05, 3.63) is 56.2 Å². The number of hydrogen-bond acceptors (Lipinski definition) is 5. The van der Waals surface area contributed by atoms with Crippen molar-refractivity contribution in [2.45, 2.75) is 25.8 Å². The van der Waals surface area contributed by atoms with Crippen LogP contribution in [0.25, 0.3) is 11.2 Å². The van der Waals surface area contributed by atoms with Gasteiger partial charge in [-0.15, -0.1) is 0 Å². The molecule has 1 fully saturated rings. The third-order valence-electron chi connectivity index (χ3n) is 5.55. The Kier molecular flexibility index (Phi) is 4.73. The van der Waals surface area contributed by atoms with Crippen molar-refractivity contribution in [2.24, 2.45) is 14.1 Å². The monoisotopic (exact) mass is 396 g/mol. The Labute approximate surface area is 167 Å². The highest BCUT2D eigenvalue weighted by molar-refractivity contribution is 5.94. The van der Waals surface area contributed by atoms with Crippen LogP contribution in [0.4, 0.5) is 5.95 Å². The Bertz CT molecular complexity index is 1180. The standard InChI is InChI=1S/C20H24N6O3/c1-12-4-6-13(7-5-12)18(28)26-10-8-14(9-11-26)21-19-22-16-15(24(19)2)17(27)23-20(29)25(16)3/h4-7,14H,8-11H2,1-3H3,(H,21,22)(H,23,27,29). The van der Waals surface area contributed by atoms with Gasteiger partial charge in [0.05, 0.1) is 0 Å². The topological polar surface area (TPSA) is 105 Å². The summed E-state index contributed by atoms with van der Waals surface area (Å²) in [6, 6.07) is 7.75. The van der Waals surface area contributed by atoms with Crippen LogP contribution in [0, 0.1) is 6.92 Å². The molecular weight excluding hydrogens is 372 g/mol. The molecule has 152 valence electrons. The van der Waals surface area contributed by atoms with E-state index in [1.165, 1.54) is 4.57 Å². The SMILES string of the molecule is Cc1ccc(C(=O)N2CCC(Nc3nc4c(c(=O)[nH]c(=O)n4C)n3C)CC2)cc1. The van der Waals surface area contributed by atoms with Crippen molar-refractivity contribution >= 4 is 23.0 Å². The molecule has 2 N–H and O–H groups in total. The quantitative estimate of drug-likeness (QED) is 0.687. The smallest absolute Gasteiger partial charge is 0.329 e. The van der Waals surface area contributed by atoms with Crippen LogP contribution >= 0.6 is 0 Å². The Morgan fingerprint density at radius 3 is 2.41 bits per heavy atom. The molecular formula is C20H24N6O3. The lowest BCUT2D eigenvalue weighted by atomic mass is 10.0. The minimum atomic E-state index is -0.491. The van der Waals surface area contributed by atoms with Gasteiger partial charge in [-0.25, -0.2) is 4.79 Å². The van der Waals surface area contributed by atoms with Crippen LogP contribution in [0.5, 0.6) is 0 Å². The van der Waals surface area contributed by atoms with Gasteiger partial charge in [-0.2, -0.15) is 4.98 Å². The second-order valence-electron chi connectivity index (χ2n) is 7.56. The third kappa shape index (κ3) is 3.43. The maximum absolute atomic E-state index is 12.7. The fourth-order valence-electron chi connectivity index (χ4n) is 3.73. The number of piperidine rings is 1. The molecule has 1 aliphatic heterocycles. The van der Waals surface area contributed by atoms with Gasteiger partial charge < -0.3 is 14.8 Å². The maximum atomic E-state index is 12.7. The molecule has 3 aromatic rings. The lowest BCUT2D eigenvalue weighted by Gasteiger charge is -2.32. The summed E-state index contributed by atoms with van der Waals surface area (Å²) in [7, 11) is 3.32. The molecule has 29 heavy (non-hydrogen) atoms. The van der Waals surface area contributed by atoms with Gasteiger partial charge in [0.25, 0.3) is 11.5 Å². The van der Waals surface area contributed by atoms with E-state index >= 15 is 0 Å². The molecule has 0 atom stereocenters. The Morgan fingerprint density at radius 2 is 1.76 bits per heavy atom. The predicted molar refractivity (Wildman–Crippen MR) is 110 cm³/mol. The maximum Gasteiger partial charge on any atom is 0.329 e. The number of carbonyl (C=O) groups is 1. The molecule has 0 saturated carbocycles. The zero-order valence-electron chi connectivity index (χ0n) is 16.7. The second-order valence-corrected chi connectivity index (χ2v) is 7.56. The number of nitrogens with zero attached hydrogens (tertiary/aromatic N) is 4. The highest BCUT2D eigenvalue weighted by atomic mass is 16.2. The van der Waals surface area contributed by atoms with Crippen molar-refractivity contribution in [2.75, 3.05) is 18.4 Å². The summed E-state index contributed by atoms with van der Waals surface area (Å²) in [6.07, 6.45) is 1.55. The minimum absolute atomic E-state index is 0.0488. The van der Waals surface area contributed by atoms with Gasteiger partial charge in [-0.3, -0.25) is 19.1 Å². The number of nitrogens with one attached hydrogen (secondary N) is 2. The second kappa shape index (κ2) is 7.23. The van der Waals surface area contributed by atoms with Gasteiger partial charge in [-0.05, 0) is 31.9 Å². The highest BCUT2D eigenvalue weighted by Crippen LogP contribution is 2.20. The first-order chi connectivity index (χ1) is 13.8. The number of H-pyrrole nitrogens is 1. The molecule has 1 saturated heterocycles. The number of aromatic nitrogens is 4. The number of benzene rings is 1. The van der Waals surface area contributed by atoms with Crippen LogP contribution < -0.4 is 16.6 Å². The van der Waals surface area contributed by atoms with Crippen LogP contribution in [0.3, 0.4) is 0 Å². The molecule has 0 unspecified atom stereocenters. The van der Waals surface area contributed by atoms with Crippen LogP contribution in [-0.2, 0) is 14.1 Å². The normalized spacial score (nSPS) is 15.1. The molecule has 2 aromatic heterocycles. The number of likely N-dealkylation sites (tertiary alicyclic amines) is 1. The van der Waals surface area contributed by atoms with Gasteiger partial charge in [0, 0.05) is 38.8 Å². The van der Waals surface area contributed by atoms with E-state index in [1.54, 1.807) is 18.7 Å². The molecule has 9 heteroatoms. The number of fused-ring (bicyclic) bond motifs is 1. The number of anilines is 1. The van der Waals surface area contributed by atoms with Gasteiger partial charge in [-0.1, -0.05) is 17.7 Å². The van der Waals surface area contributed by atoms with E-state index in [1.807, 2.05) is 36.1 Å². The highest BCUT2D eigenvalue weighted by Gasteiger charge is 2.25. The summed E-state index contributed by atoms with van der Waals surface area (Å²) < 4.78 is 2.99. The van der Waals surface area contributed by atoms with E-state index in [4.69, 9.17) is 0 Å². The number of rotatable bonds is 3. The Hall–Kier alpha value is -3.36. The van der Waals surface area contributed by atoms with Crippen LogP contribution in [0.15, 0.2) is 33.9 Å². The molecule has 3 heterocycles. The molecule has 4 rings (SSSR count). The van der Waals surface area contributed by atoms with Crippen molar-refractivity contribution in [3.63, 3.8) is 0 Å². The van der Waals surface area contributed by atoms with Crippen molar-refractivity contribution in [3.8, 4) is 0 Å². The molecule has 0 radical (unpaired) electrons. The number of aryl methyl sites for hydroxylation is 3. The predicted octanol–water partition coefficient (Wildman–Crippen LogP) is 0.985. The summed E-state index contributed by atoms with van der Waals surface area (Å²) in [5.74, 6) is 0.586. The summed E-state index contributed by atoms with van der Waals surface area (Å²) >= 11 is 0. The molecule has 1 amide bonds. The van der Waals surface area contributed by atoms with Gasteiger partial charge in [0.1, 0.15) is 0 Å². The lowest BCUT2D eigenvalue weighted by molar-refractivity contribution is 0.0718. The summed E-state index contributed by atoms with van der Waals surface area (Å²) in [6.45, 7) is 3.29. The first-order valence-corrected chi connectivity index (χ1v) is 9.63. The number of imidazole rings is 1. The molecule has 1 aliphatic rings. The van der Waals surface area contributed by atoms with E-state index in [9.17, 15) is 14.4 Å². The summed E-state index contributed by atoms with van der Waals surface area (Å²) in [5, 5.41) is 3.36.